The normalized spacial score (nSPS) is 18.2. The van der Waals surface area contributed by atoms with Gasteiger partial charge in [-0.1, -0.05) is 85.2 Å². The van der Waals surface area contributed by atoms with Gasteiger partial charge in [0, 0.05) is 76.5 Å². The van der Waals surface area contributed by atoms with Crippen molar-refractivity contribution < 1.29 is 43.0 Å². The Kier molecular flexibility index (Phi) is 24.8. The number of aromatic nitrogens is 1. The van der Waals surface area contributed by atoms with Gasteiger partial charge in [0.05, 0.1) is 74.8 Å². The summed E-state index contributed by atoms with van der Waals surface area (Å²) in [5.74, 6) is 3.71. The van der Waals surface area contributed by atoms with Crippen LogP contribution in [0.1, 0.15) is 103 Å². The lowest BCUT2D eigenvalue weighted by molar-refractivity contribution is -0.149. The first-order valence-electron chi connectivity index (χ1n) is 23.4. The molecule has 0 saturated carbocycles. The van der Waals surface area contributed by atoms with Crippen LogP contribution in [0.15, 0.2) is 41.9 Å². The van der Waals surface area contributed by atoms with Gasteiger partial charge in [0.1, 0.15) is 5.78 Å². The molecule has 0 spiro atoms. The van der Waals surface area contributed by atoms with Crippen molar-refractivity contribution in [3.05, 3.63) is 52.5 Å². The molecule has 2 aromatic rings. The molecule has 2 amide bonds. The van der Waals surface area contributed by atoms with Gasteiger partial charge in [0.2, 0.25) is 11.8 Å². The molecule has 64 heavy (non-hydrogen) atoms. The van der Waals surface area contributed by atoms with E-state index in [0.717, 1.165) is 29.8 Å². The number of likely N-dealkylation sites (tertiary alicyclic amines) is 1. The molecule has 9 atom stereocenters. The number of ketones is 2. The second kappa shape index (κ2) is 28.8. The van der Waals surface area contributed by atoms with Gasteiger partial charge in [-0.25, -0.2) is 10.9 Å². The number of carbonyl (C=O) groups excluding carboxylic acids is 4. The van der Waals surface area contributed by atoms with E-state index in [1.807, 2.05) is 75.0 Å². The van der Waals surface area contributed by atoms with Crippen molar-refractivity contribution >= 4 is 34.7 Å². The number of amides is 2. The Labute approximate surface area is 388 Å². The Morgan fingerprint density at radius 2 is 1.55 bits per heavy atom. The molecule has 0 aliphatic carbocycles. The number of Topliss-reactive ketones (excluding diaryl/α,β-unsaturated/α-hetero) is 2. The molecule has 2 heterocycles. The Bertz CT molecular complexity index is 1650. The second-order valence-corrected chi connectivity index (χ2v) is 19.2. The first-order chi connectivity index (χ1) is 30.6. The van der Waals surface area contributed by atoms with Crippen LogP contribution in [-0.2, 0) is 49.4 Å². The number of hydrogen-bond acceptors (Lipinski definition) is 13. The SMILES string of the molecule is CC[C@H](C)[C@@H]([C@@H](CC(=O)N1CCC[C@H]1[C@H](OC)[C@@H](C)C(=O)C[C@@H](Cc1ccccc1)c1nccs1)OC)N(C)C(=O)[C@@H](CC(=O)[C@H](C(C)C)N(C)CCOCCOCCON)C(C)C. The molecule has 0 radical (unpaired) electrons. The lowest BCUT2D eigenvalue weighted by atomic mass is 9.83. The molecule has 15 heteroatoms. The predicted molar refractivity (Wildman–Crippen MR) is 252 cm³/mol. The minimum absolute atomic E-state index is 0.00966. The minimum atomic E-state index is -0.604. The van der Waals surface area contributed by atoms with Crippen molar-refractivity contribution in [2.75, 3.05) is 74.4 Å². The van der Waals surface area contributed by atoms with Crippen molar-refractivity contribution in [3.63, 3.8) is 0 Å². The zero-order valence-corrected chi connectivity index (χ0v) is 41.6. The number of benzene rings is 1. The number of carbonyl (C=O) groups is 4. The van der Waals surface area contributed by atoms with Crippen molar-refractivity contribution in [3.8, 4) is 0 Å². The molecule has 1 aliphatic heterocycles. The van der Waals surface area contributed by atoms with E-state index in [1.165, 1.54) is 0 Å². The molecular formula is C49H81N5O9S. The fourth-order valence-corrected chi connectivity index (χ4v) is 10.2. The van der Waals surface area contributed by atoms with Crippen molar-refractivity contribution in [1.29, 1.82) is 0 Å². The summed E-state index contributed by atoms with van der Waals surface area (Å²) in [6, 6.07) is 9.06. The smallest absolute Gasteiger partial charge is 0.226 e. The van der Waals surface area contributed by atoms with Crippen molar-refractivity contribution in [1.82, 2.24) is 19.7 Å². The van der Waals surface area contributed by atoms with Crippen LogP contribution in [0.3, 0.4) is 0 Å². The molecule has 362 valence electrons. The number of ether oxygens (including phenoxy) is 4. The Morgan fingerprint density at radius 3 is 2.12 bits per heavy atom. The fourth-order valence-electron chi connectivity index (χ4n) is 9.46. The summed E-state index contributed by atoms with van der Waals surface area (Å²) in [4.78, 5) is 72.0. The second-order valence-electron chi connectivity index (χ2n) is 18.3. The minimum Gasteiger partial charge on any atom is -0.379 e. The first-order valence-corrected chi connectivity index (χ1v) is 24.3. The van der Waals surface area contributed by atoms with Crippen LogP contribution < -0.4 is 5.90 Å². The van der Waals surface area contributed by atoms with Crippen molar-refractivity contribution in [2.45, 2.75) is 130 Å². The third kappa shape index (κ3) is 16.3. The van der Waals surface area contributed by atoms with Crippen LogP contribution in [0.2, 0.25) is 0 Å². The van der Waals surface area contributed by atoms with Gasteiger partial charge in [0.25, 0.3) is 0 Å². The van der Waals surface area contributed by atoms with Gasteiger partial charge in [-0.05, 0) is 49.6 Å². The summed E-state index contributed by atoms with van der Waals surface area (Å²) in [7, 11) is 6.93. The van der Waals surface area contributed by atoms with Crippen LogP contribution >= 0.6 is 11.3 Å². The highest BCUT2D eigenvalue weighted by molar-refractivity contribution is 7.09. The number of methoxy groups -OCH3 is 2. The summed E-state index contributed by atoms with van der Waals surface area (Å²) in [5, 5.41) is 2.88. The largest absolute Gasteiger partial charge is 0.379 e. The zero-order valence-electron chi connectivity index (χ0n) is 40.7. The van der Waals surface area contributed by atoms with Gasteiger partial charge in [-0.3, -0.25) is 24.1 Å². The lowest BCUT2D eigenvalue weighted by Crippen LogP contribution is -2.54. The van der Waals surface area contributed by atoms with E-state index in [2.05, 4.69) is 35.8 Å². The zero-order chi connectivity index (χ0) is 47.3. The molecule has 0 bridgehead atoms. The van der Waals surface area contributed by atoms with Gasteiger partial charge in [-0.15, -0.1) is 11.3 Å². The molecular weight excluding hydrogens is 835 g/mol. The maximum atomic E-state index is 14.6. The van der Waals surface area contributed by atoms with E-state index in [4.69, 9.17) is 24.8 Å². The monoisotopic (exact) mass is 916 g/mol. The average molecular weight is 916 g/mol. The summed E-state index contributed by atoms with van der Waals surface area (Å²) < 4.78 is 23.4. The molecule has 1 aromatic carbocycles. The number of rotatable bonds is 32. The topological polar surface area (TPSA) is 163 Å². The lowest BCUT2D eigenvalue weighted by Gasteiger charge is -2.41. The fraction of sp³-hybridized carbons (Fsp3) is 0.735. The van der Waals surface area contributed by atoms with Gasteiger partial charge >= 0.3 is 0 Å². The molecule has 1 aromatic heterocycles. The summed E-state index contributed by atoms with van der Waals surface area (Å²) in [5.41, 5.74) is 1.15. The molecule has 0 unspecified atom stereocenters. The Balaban J connectivity index is 1.72. The number of hydrogen-bond donors (Lipinski definition) is 1. The van der Waals surface area contributed by atoms with Crippen LogP contribution in [0.5, 0.6) is 0 Å². The van der Waals surface area contributed by atoms with Crippen molar-refractivity contribution in [2.24, 2.45) is 35.5 Å². The molecule has 14 nitrogen and oxygen atoms in total. The van der Waals surface area contributed by atoms with Crippen LogP contribution in [0.4, 0.5) is 0 Å². The summed E-state index contributed by atoms with van der Waals surface area (Å²) in [6.45, 7) is 17.1. The Morgan fingerprint density at radius 1 is 0.875 bits per heavy atom. The number of nitrogens with two attached hydrogens (primary N) is 1. The predicted octanol–water partition coefficient (Wildman–Crippen LogP) is 6.46. The summed E-state index contributed by atoms with van der Waals surface area (Å²) in [6.07, 6.45) is 4.14. The number of likely N-dealkylation sites (N-methyl/N-ethyl adjacent to an activating group) is 2. The summed E-state index contributed by atoms with van der Waals surface area (Å²) >= 11 is 1.57. The van der Waals surface area contributed by atoms with E-state index in [9.17, 15) is 19.2 Å². The third-order valence-corrected chi connectivity index (χ3v) is 14.1. The molecule has 1 aliphatic rings. The molecule has 1 fully saturated rings. The number of thiazole rings is 1. The van der Waals surface area contributed by atoms with E-state index in [-0.39, 0.29) is 65.9 Å². The standard InChI is InChI=1S/C49H81N5O9S/c1-12-35(6)46(53(9)49(58)39(33(2)3)31-42(56)45(34(4)5)52(8)22-23-61-24-25-62-26-27-63-50)43(59-10)32-44(57)54-21-16-19-40(54)47(60-11)36(7)41(55)30-38(48-51-20-28-64-48)29-37-17-14-13-15-18-37/h13-15,17-18,20,28,33-36,38-40,43,45-47H,12,16,19,21-27,29-32,50H2,1-11H3/t35-,36-,38+,39-,40-,43+,45-,46-,47+/m0/s1. The highest BCUT2D eigenvalue weighted by Gasteiger charge is 2.43. The van der Waals surface area contributed by atoms with Crippen LogP contribution in [0.25, 0.3) is 0 Å². The molecule has 2 N–H and O–H groups in total. The molecule has 1 saturated heterocycles. The van der Waals surface area contributed by atoms with Gasteiger partial charge in [0.15, 0.2) is 5.78 Å². The maximum Gasteiger partial charge on any atom is 0.226 e. The van der Waals surface area contributed by atoms with Crippen LogP contribution in [0, 0.1) is 29.6 Å². The quantitative estimate of drug-likeness (QED) is 0.0631. The average Bonchev–Trinajstić information content (AvgIpc) is 4.00. The molecule has 3 rings (SSSR count). The van der Waals surface area contributed by atoms with Crippen LogP contribution in [-0.4, -0.2) is 148 Å². The van der Waals surface area contributed by atoms with E-state index >= 15 is 0 Å². The van der Waals surface area contributed by atoms with Gasteiger partial charge in [-0.2, -0.15) is 0 Å². The Hall–Kier alpha value is -3.15. The van der Waals surface area contributed by atoms with Gasteiger partial charge < -0.3 is 33.6 Å². The number of nitrogens with zero attached hydrogens (tertiary/aromatic N) is 4. The first kappa shape index (κ1) is 55.2. The highest BCUT2D eigenvalue weighted by atomic mass is 32.1. The highest BCUT2D eigenvalue weighted by Crippen LogP contribution is 2.33. The maximum absolute atomic E-state index is 14.6. The third-order valence-electron chi connectivity index (χ3n) is 13.2. The van der Waals surface area contributed by atoms with E-state index in [0.29, 0.717) is 59.0 Å². The van der Waals surface area contributed by atoms with E-state index in [1.54, 1.807) is 43.7 Å². The van der Waals surface area contributed by atoms with E-state index < -0.39 is 36.1 Å².